The molecule has 0 spiro atoms. The van der Waals surface area contributed by atoms with E-state index in [1.807, 2.05) is 36.4 Å². The zero-order valence-electron chi connectivity index (χ0n) is 18.3. The van der Waals surface area contributed by atoms with Crippen LogP contribution in [0.5, 0.6) is 11.5 Å². The topological polar surface area (TPSA) is 68.3 Å². The van der Waals surface area contributed by atoms with Crippen LogP contribution >= 0.6 is 23.2 Å². The molecule has 0 aliphatic heterocycles. The van der Waals surface area contributed by atoms with Gasteiger partial charge in [-0.15, -0.1) is 6.58 Å². The summed E-state index contributed by atoms with van der Waals surface area (Å²) in [6.07, 6.45) is 4.02. The Morgan fingerprint density at radius 2 is 1.97 bits per heavy atom. The third-order valence-corrected chi connectivity index (χ3v) is 5.67. The lowest BCUT2D eigenvalue weighted by molar-refractivity contribution is 0.282. The molecule has 0 unspecified atom stereocenters. The molecule has 0 atom stereocenters. The fourth-order valence-corrected chi connectivity index (χ4v) is 3.94. The zero-order valence-corrected chi connectivity index (χ0v) is 19.9. The smallest absolute Gasteiger partial charge is 0.238 e. The number of hydrogen-bond acceptors (Lipinski definition) is 5. The molecule has 1 heterocycles. The lowest BCUT2D eigenvalue weighted by Gasteiger charge is -2.16. The number of para-hydroxylation sites is 2. The van der Waals surface area contributed by atoms with Crippen LogP contribution in [0.1, 0.15) is 22.6 Å². The van der Waals surface area contributed by atoms with Gasteiger partial charge in [0.05, 0.1) is 7.11 Å². The first kappa shape index (κ1) is 23.4. The van der Waals surface area contributed by atoms with Crippen LogP contribution in [0.15, 0.2) is 71.7 Å². The van der Waals surface area contributed by atoms with E-state index in [1.165, 1.54) is 0 Å². The SMILES string of the molecule is C=CCc1cc(/C=C(\C#N)c2nc3ccccc3o2)cc(OC)c1OCc1ccc(Cl)cc1Cl. The largest absolute Gasteiger partial charge is 0.493 e. The highest BCUT2D eigenvalue weighted by atomic mass is 35.5. The summed E-state index contributed by atoms with van der Waals surface area (Å²) in [5, 5.41) is 10.8. The van der Waals surface area contributed by atoms with Gasteiger partial charge >= 0.3 is 0 Å². The highest BCUT2D eigenvalue weighted by Crippen LogP contribution is 2.36. The van der Waals surface area contributed by atoms with Crippen molar-refractivity contribution < 1.29 is 13.9 Å². The van der Waals surface area contributed by atoms with Gasteiger partial charge in [-0.1, -0.05) is 47.5 Å². The fraction of sp³-hybridized carbons (Fsp3) is 0.111. The van der Waals surface area contributed by atoms with E-state index in [9.17, 15) is 5.26 Å². The summed E-state index contributed by atoms with van der Waals surface area (Å²) in [7, 11) is 1.56. The first-order chi connectivity index (χ1) is 16.5. The molecule has 0 aliphatic carbocycles. The van der Waals surface area contributed by atoms with E-state index in [0.717, 1.165) is 16.7 Å². The Morgan fingerprint density at radius 3 is 2.68 bits per heavy atom. The number of nitrogens with zero attached hydrogens (tertiary/aromatic N) is 2. The minimum Gasteiger partial charge on any atom is -0.493 e. The second-order valence-corrected chi connectivity index (χ2v) is 8.23. The Labute approximate surface area is 207 Å². The van der Waals surface area contributed by atoms with Crippen molar-refractivity contribution in [3.05, 3.63) is 99.9 Å². The van der Waals surface area contributed by atoms with Gasteiger partial charge < -0.3 is 13.9 Å². The van der Waals surface area contributed by atoms with Crippen LogP contribution in [-0.4, -0.2) is 12.1 Å². The summed E-state index contributed by atoms with van der Waals surface area (Å²) >= 11 is 12.3. The van der Waals surface area contributed by atoms with Gasteiger partial charge in [0.25, 0.3) is 0 Å². The van der Waals surface area contributed by atoms with E-state index >= 15 is 0 Å². The molecule has 5 nitrogen and oxygen atoms in total. The number of fused-ring (bicyclic) bond motifs is 1. The van der Waals surface area contributed by atoms with Crippen molar-refractivity contribution in [2.24, 2.45) is 0 Å². The van der Waals surface area contributed by atoms with E-state index in [-0.39, 0.29) is 12.5 Å². The molecule has 0 bridgehead atoms. The van der Waals surface area contributed by atoms with Crippen LogP contribution in [0.3, 0.4) is 0 Å². The molecule has 1 aromatic heterocycles. The van der Waals surface area contributed by atoms with Gasteiger partial charge in [0.2, 0.25) is 5.89 Å². The molecule has 34 heavy (non-hydrogen) atoms. The number of benzene rings is 3. The number of halogens is 2. The summed E-state index contributed by atoms with van der Waals surface area (Å²) in [4.78, 5) is 4.42. The van der Waals surface area contributed by atoms with E-state index in [4.69, 9.17) is 37.1 Å². The predicted octanol–water partition coefficient (Wildman–Crippen LogP) is 7.51. The predicted molar refractivity (Wildman–Crippen MR) is 135 cm³/mol. The van der Waals surface area contributed by atoms with Crippen molar-refractivity contribution >= 4 is 46.0 Å². The number of allylic oxidation sites excluding steroid dienone is 2. The molecule has 3 aromatic carbocycles. The molecular weight excluding hydrogens is 471 g/mol. The summed E-state index contributed by atoms with van der Waals surface area (Å²) in [5.74, 6) is 1.35. The third kappa shape index (κ3) is 5.09. The maximum atomic E-state index is 9.76. The van der Waals surface area contributed by atoms with E-state index in [0.29, 0.717) is 44.6 Å². The average molecular weight is 491 g/mol. The number of rotatable bonds is 8. The number of oxazole rings is 1. The quantitative estimate of drug-likeness (QED) is 0.188. The van der Waals surface area contributed by atoms with Crippen LogP contribution in [-0.2, 0) is 13.0 Å². The van der Waals surface area contributed by atoms with Crippen LogP contribution in [0.25, 0.3) is 22.7 Å². The van der Waals surface area contributed by atoms with Gasteiger partial charge in [-0.2, -0.15) is 5.26 Å². The Morgan fingerprint density at radius 1 is 1.15 bits per heavy atom. The lowest BCUT2D eigenvalue weighted by atomic mass is 10.0. The molecule has 0 amide bonds. The molecule has 7 heteroatoms. The molecule has 0 fully saturated rings. The minimum atomic E-state index is 0.234. The monoisotopic (exact) mass is 490 g/mol. The standard InChI is InChI=1S/C27H20Cl2N2O3/c1-3-6-18-11-17(12-20(15-30)27-31-23-7-4-5-8-24(23)34-27)13-25(32-2)26(18)33-16-19-9-10-21(28)14-22(19)29/h3-5,7-14H,1,6,16H2,2H3/b20-12+. The van der Waals surface area contributed by atoms with Crippen molar-refractivity contribution in [3.8, 4) is 17.6 Å². The first-order valence-electron chi connectivity index (χ1n) is 10.4. The molecular formula is C27H20Cl2N2O3. The zero-order chi connectivity index (χ0) is 24.1. The second kappa shape index (κ2) is 10.5. The average Bonchev–Trinajstić information content (AvgIpc) is 3.27. The maximum Gasteiger partial charge on any atom is 0.238 e. The Bertz CT molecular complexity index is 1400. The number of aromatic nitrogens is 1. The minimum absolute atomic E-state index is 0.234. The van der Waals surface area contributed by atoms with Gasteiger partial charge in [0, 0.05) is 21.2 Å². The molecule has 4 aromatic rings. The van der Waals surface area contributed by atoms with Crippen molar-refractivity contribution in [1.29, 1.82) is 5.26 Å². The highest BCUT2D eigenvalue weighted by molar-refractivity contribution is 6.35. The molecule has 0 saturated carbocycles. The molecule has 170 valence electrons. The van der Waals surface area contributed by atoms with Crippen LogP contribution in [0.2, 0.25) is 10.0 Å². The summed E-state index contributed by atoms with van der Waals surface area (Å²) < 4.78 is 17.5. The van der Waals surface area contributed by atoms with Gasteiger partial charge in [-0.05, 0) is 54.5 Å². The first-order valence-corrected chi connectivity index (χ1v) is 11.1. The normalized spacial score (nSPS) is 11.3. The highest BCUT2D eigenvalue weighted by Gasteiger charge is 2.16. The summed E-state index contributed by atoms with van der Waals surface area (Å²) in [5.41, 5.74) is 3.99. The van der Waals surface area contributed by atoms with Crippen molar-refractivity contribution in [2.75, 3.05) is 7.11 Å². The summed E-state index contributed by atoms with van der Waals surface area (Å²) in [6.45, 7) is 4.08. The fourth-order valence-electron chi connectivity index (χ4n) is 3.47. The number of methoxy groups -OCH3 is 1. The van der Waals surface area contributed by atoms with Crippen LogP contribution < -0.4 is 9.47 Å². The molecule has 4 rings (SSSR count). The number of hydrogen-bond donors (Lipinski definition) is 0. The van der Waals surface area contributed by atoms with Crippen molar-refractivity contribution in [3.63, 3.8) is 0 Å². The molecule has 0 radical (unpaired) electrons. The molecule has 0 aliphatic rings. The van der Waals surface area contributed by atoms with Gasteiger partial charge in [0.15, 0.2) is 17.1 Å². The van der Waals surface area contributed by atoms with Gasteiger partial charge in [-0.3, -0.25) is 0 Å². The maximum absolute atomic E-state index is 9.76. The van der Waals surface area contributed by atoms with E-state index < -0.39 is 0 Å². The molecule has 0 N–H and O–H groups in total. The van der Waals surface area contributed by atoms with Gasteiger partial charge in [0.1, 0.15) is 23.8 Å². The second-order valence-electron chi connectivity index (χ2n) is 7.39. The van der Waals surface area contributed by atoms with Crippen molar-refractivity contribution in [1.82, 2.24) is 4.98 Å². The van der Waals surface area contributed by atoms with Crippen LogP contribution in [0, 0.1) is 11.3 Å². The van der Waals surface area contributed by atoms with Gasteiger partial charge in [-0.25, -0.2) is 4.98 Å². The lowest BCUT2D eigenvalue weighted by Crippen LogP contribution is -2.02. The number of nitriles is 1. The summed E-state index contributed by atoms with van der Waals surface area (Å²) in [6, 6.07) is 18.5. The molecule has 0 saturated heterocycles. The number of ether oxygens (including phenoxy) is 2. The Hall–Kier alpha value is -3.72. The third-order valence-electron chi connectivity index (χ3n) is 5.08. The Kier molecular flexibility index (Phi) is 7.22. The Balaban J connectivity index is 1.70. The van der Waals surface area contributed by atoms with E-state index in [1.54, 1.807) is 37.5 Å². The van der Waals surface area contributed by atoms with E-state index in [2.05, 4.69) is 17.6 Å². The van der Waals surface area contributed by atoms with Crippen LogP contribution in [0.4, 0.5) is 0 Å². The van der Waals surface area contributed by atoms with Crippen molar-refractivity contribution in [2.45, 2.75) is 13.0 Å².